The van der Waals surface area contributed by atoms with E-state index in [2.05, 4.69) is 17.3 Å². The van der Waals surface area contributed by atoms with Gasteiger partial charge in [-0.15, -0.1) is 0 Å². The highest BCUT2D eigenvalue weighted by Gasteiger charge is 2.28. The van der Waals surface area contributed by atoms with Gasteiger partial charge in [0.05, 0.1) is 5.69 Å². The number of amides is 1. The highest BCUT2D eigenvalue weighted by molar-refractivity contribution is 5.93. The van der Waals surface area contributed by atoms with Gasteiger partial charge in [-0.2, -0.15) is 5.10 Å². The highest BCUT2D eigenvalue weighted by Crippen LogP contribution is 2.15. The lowest BCUT2D eigenvalue weighted by Crippen LogP contribution is -2.42. The van der Waals surface area contributed by atoms with Crippen molar-refractivity contribution in [3.05, 3.63) is 17.5 Å². The molecule has 5 nitrogen and oxygen atoms in total. The molecule has 2 rings (SSSR count). The number of nitrogens with zero attached hydrogens (tertiary/aromatic N) is 3. The van der Waals surface area contributed by atoms with Crippen molar-refractivity contribution in [1.29, 1.82) is 0 Å². The van der Waals surface area contributed by atoms with Crippen molar-refractivity contribution >= 4 is 5.91 Å². The van der Waals surface area contributed by atoms with Crippen molar-refractivity contribution in [2.45, 2.75) is 46.2 Å². The van der Waals surface area contributed by atoms with Crippen LogP contribution in [0.5, 0.6) is 0 Å². The monoisotopic (exact) mass is 264 g/mol. The first kappa shape index (κ1) is 14.1. The molecular formula is C14H24N4O. The van der Waals surface area contributed by atoms with E-state index in [0.717, 1.165) is 50.4 Å². The van der Waals surface area contributed by atoms with E-state index >= 15 is 0 Å². The molecule has 0 aliphatic carbocycles. The molecular weight excluding hydrogens is 240 g/mol. The highest BCUT2D eigenvalue weighted by atomic mass is 16.2. The number of aryl methyl sites for hydroxylation is 2. The minimum Gasteiger partial charge on any atom is -0.333 e. The molecule has 1 saturated heterocycles. The molecule has 2 heterocycles. The van der Waals surface area contributed by atoms with Crippen molar-refractivity contribution in [2.24, 2.45) is 0 Å². The summed E-state index contributed by atoms with van der Waals surface area (Å²) in [7, 11) is 0. The second-order valence-corrected chi connectivity index (χ2v) is 4.93. The van der Waals surface area contributed by atoms with E-state index in [1.807, 2.05) is 29.5 Å². The van der Waals surface area contributed by atoms with Crippen LogP contribution in [0.3, 0.4) is 0 Å². The Labute approximate surface area is 115 Å². The number of rotatable bonds is 5. The van der Waals surface area contributed by atoms with Crippen LogP contribution >= 0.6 is 0 Å². The van der Waals surface area contributed by atoms with Crippen molar-refractivity contribution in [3.63, 3.8) is 0 Å². The Balaban J connectivity index is 2.23. The first-order chi connectivity index (χ1) is 9.21. The summed E-state index contributed by atoms with van der Waals surface area (Å²) in [5, 5.41) is 7.79. The number of aromatic nitrogens is 2. The fraction of sp³-hybridized carbons (Fsp3) is 0.714. The molecule has 0 aromatic carbocycles. The van der Waals surface area contributed by atoms with Crippen molar-refractivity contribution in [2.75, 3.05) is 19.6 Å². The van der Waals surface area contributed by atoms with Crippen LogP contribution in [0.1, 0.15) is 43.4 Å². The summed E-state index contributed by atoms with van der Waals surface area (Å²) in [6, 6.07) is 2.26. The molecule has 1 aromatic rings. The van der Waals surface area contributed by atoms with Crippen LogP contribution in [0.15, 0.2) is 6.07 Å². The summed E-state index contributed by atoms with van der Waals surface area (Å²) in [5.74, 6) is 0.116. The molecule has 1 atom stereocenters. The number of nitrogens with one attached hydrogen (secondary N) is 1. The molecule has 1 aliphatic rings. The third-order valence-corrected chi connectivity index (χ3v) is 3.79. The summed E-state index contributed by atoms with van der Waals surface area (Å²) in [6.45, 7) is 9.53. The minimum absolute atomic E-state index is 0.116. The largest absolute Gasteiger partial charge is 0.333 e. The van der Waals surface area contributed by atoms with Crippen LogP contribution in [0.4, 0.5) is 0 Å². The Hall–Kier alpha value is -1.36. The van der Waals surface area contributed by atoms with E-state index in [1.54, 1.807) is 0 Å². The van der Waals surface area contributed by atoms with Crippen LogP contribution in [-0.4, -0.2) is 46.3 Å². The topological polar surface area (TPSA) is 50.2 Å². The molecule has 0 saturated carbocycles. The van der Waals surface area contributed by atoms with Crippen LogP contribution in [-0.2, 0) is 13.0 Å². The van der Waals surface area contributed by atoms with Crippen molar-refractivity contribution in [3.8, 4) is 0 Å². The molecule has 0 radical (unpaired) electrons. The van der Waals surface area contributed by atoms with E-state index < -0.39 is 0 Å². The lowest BCUT2D eigenvalue weighted by Gasteiger charge is -2.27. The molecule has 1 amide bonds. The normalized spacial score (nSPS) is 18.8. The average Bonchev–Trinajstić information content (AvgIpc) is 3.08. The van der Waals surface area contributed by atoms with E-state index in [0.29, 0.717) is 6.04 Å². The Kier molecular flexibility index (Phi) is 4.58. The predicted octanol–water partition coefficient (Wildman–Crippen LogP) is 1.29. The van der Waals surface area contributed by atoms with Crippen LogP contribution < -0.4 is 5.32 Å². The Bertz CT molecular complexity index is 435. The molecule has 1 N–H and O–H groups in total. The lowest BCUT2D eigenvalue weighted by molar-refractivity contribution is 0.0691. The Morgan fingerprint density at radius 1 is 1.53 bits per heavy atom. The summed E-state index contributed by atoms with van der Waals surface area (Å²) >= 11 is 0. The zero-order chi connectivity index (χ0) is 13.8. The summed E-state index contributed by atoms with van der Waals surface area (Å²) in [4.78, 5) is 14.7. The van der Waals surface area contributed by atoms with E-state index in [9.17, 15) is 4.79 Å². The smallest absolute Gasteiger partial charge is 0.272 e. The maximum Gasteiger partial charge on any atom is 0.272 e. The number of carbonyl (C=O) groups excluding carboxylic acids is 1. The van der Waals surface area contributed by atoms with Gasteiger partial charge in [-0.1, -0.05) is 6.92 Å². The SMILES string of the molecule is CCc1cc(C(=O)N(CC)C2CCNC2)n(CC)n1. The molecule has 1 aromatic heterocycles. The van der Waals surface area contributed by atoms with Crippen LogP contribution in [0.2, 0.25) is 0 Å². The van der Waals surface area contributed by atoms with Gasteiger partial charge in [-0.3, -0.25) is 9.48 Å². The van der Waals surface area contributed by atoms with Gasteiger partial charge in [0.25, 0.3) is 5.91 Å². The molecule has 5 heteroatoms. The van der Waals surface area contributed by atoms with Gasteiger partial charge in [0.15, 0.2) is 0 Å². The van der Waals surface area contributed by atoms with Crippen LogP contribution in [0, 0.1) is 0 Å². The first-order valence-corrected chi connectivity index (χ1v) is 7.29. The fourth-order valence-electron chi connectivity index (χ4n) is 2.68. The van der Waals surface area contributed by atoms with Gasteiger partial charge in [0.2, 0.25) is 0 Å². The maximum atomic E-state index is 12.7. The van der Waals surface area contributed by atoms with Gasteiger partial charge in [0, 0.05) is 25.7 Å². The fourth-order valence-corrected chi connectivity index (χ4v) is 2.68. The summed E-state index contributed by atoms with van der Waals surface area (Å²) in [6.07, 6.45) is 1.91. The second kappa shape index (κ2) is 6.19. The van der Waals surface area contributed by atoms with Gasteiger partial charge < -0.3 is 10.2 Å². The zero-order valence-electron chi connectivity index (χ0n) is 12.1. The molecule has 1 unspecified atom stereocenters. The molecule has 1 aliphatic heterocycles. The molecule has 0 spiro atoms. The zero-order valence-corrected chi connectivity index (χ0v) is 12.1. The summed E-state index contributed by atoms with van der Waals surface area (Å²) in [5.41, 5.74) is 1.72. The van der Waals surface area contributed by atoms with Crippen LogP contribution in [0.25, 0.3) is 0 Å². The number of likely N-dealkylation sites (N-methyl/N-ethyl adjacent to an activating group) is 1. The third-order valence-electron chi connectivity index (χ3n) is 3.79. The van der Waals surface area contributed by atoms with Gasteiger partial charge in [0.1, 0.15) is 5.69 Å². The number of hydrogen-bond donors (Lipinski definition) is 1. The maximum absolute atomic E-state index is 12.7. The molecule has 0 bridgehead atoms. The van der Waals surface area contributed by atoms with Gasteiger partial charge in [-0.05, 0) is 39.3 Å². The Morgan fingerprint density at radius 3 is 2.84 bits per heavy atom. The minimum atomic E-state index is 0.116. The molecule has 106 valence electrons. The number of carbonyl (C=O) groups is 1. The molecule has 19 heavy (non-hydrogen) atoms. The van der Waals surface area contributed by atoms with E-state index in [4.69, 9.17) is 0 Å². The van der Waals surface area contributed by atoms with E-state index in [-0.39, 0.29) is 5.91 Å². The van der Waals surface area contributed by atoms with Crippen molar-refractivity contribution in [1.82, 2.24) is 20.0 Å². The van der Waals surface area contributed by atoms with Crippen molar-refractivity contribution < 1.29 is 4.79 Å². The average molecular weight is 264 g/mol. The third kappa shape index (κ3) is 2.81. The first-order valence-electron chi connectivity index (χ1n) is 7.29. The number of hydrogen-bond acceptors (Lipinski definition) is 3. The standard InChI is InChI=1S/C14H24N4O/c1-4-11-9-13(18(6-3)16-11)14(19)17(5-2)12-7-8-15-10-12/h9,12,15H,4-8,10H2,1-3H3. The Morgan fingerprint density at radius 2 is 2.32 bits per heavy atom. The predicted molar refractivity (Wildman–Crippen MR) is 75.3 cm³/mol. The van der Waals surface area contributed by atoms with E-state index in [1.165, 1.54) is 0 Å². The second-order valence-electron chi connectivity index (χ2n) is 4.93. The van der Waals surface area contributed by atoms with Gasteiger partial charge >= 0.3 is 0 Å². The van der Waals surface area contributed by atoms with Gasteiger partial charge in [-0.25, -0.2) is 0 Å². The molecule has 1 fully saturated rings. The lowest BCUT2D eigenvalue weighted by atomic mass is 10.2. The quantitative estimate of drug-likeness (QED) is 0.872. The summed E-state index contributed by atoms with van der Waals surface area (Å²) < 4.78 is 1.83.